The number of carboxylic acids is 1. The Labute approximate surface area is 59.3 Å². The lowest BCUT2D eigenvalue weighted by atomic mass is 10.1. The van der Waals surface area contributed by atoms with E-state index in [0.29, 0.717) is 0 Å². The summed E-state index contributed by atoms with van der Waals surface area (Å²) in [6, 6.07) is 0. The number of hydrogen-bond acceptors (Lipinski definition) is 2. The molecule has 0 aromatic rings. The zero-order valence-corrected chi connectivity index (χ0v) is 5.62. The largest absolute Gasteiger partial charge is 0.498 e. The molecule has 0 saturated heterocycles. The summed E-state index contributed by atoms with van der Waals surface area (Å²) in [4.78, 5) is 10.2. The Morgan fingerprint density at radius 3 is 3.10 bits per heavy atom. The second kappa shape index (κ2) is 3.25. The van der Waals surface area contributed by atoms with Gasteiger partial charge in [-0.15, -0.1) is 0 Å². The lowest BCUT2D eigenvalue weighted by Crippen LogP contribution is -2.16. The van der Waals surface area contributed by atoms with Gasteiger partial charge in [0.05, 0.1) is 12.7 Å². The molecule has 1 aliphatic heterocycles. The molecule has 3 nitrogen and oxygen atoms in total. The van der Waals surface area contributed by atoms with Crippen LogP contribution >= 0.6 is 0 Å². The van der Waals surface area contributed by atoms with Gasteiger partial charge in [-0.3, -0.25) is 4.79 Å². The van der Waals surface area contributed by atoms with Crippen molar-refractivity contribution in [3.8, 4) is 0 Å². The summed E-state index contributed by atoms with van der Waals surface area (Å²) in [6.45, 7) is 0. The normalized spacial score (nSPS) is 23.8. The van der Waals surface area contributed by atoms with Crippen LogP contribution in [0.25, 0.3) is 0 Å². The van der Waals surface area contributed by atoms with Crippen molar-refractivity contribution in [1.82, 2.24) is 0 Å². The molecule has 0 bridgehead atoms. The van der Waals surface area contributed by atoms with E-state index in [1.165, 1.54) is 0 Å². The van der Waals surface area contributed by atoms with Crippen LogP contribution in [0.4, 0.5) is 0 Å². The van der Waals surface area contributed by atoms with Gasteiger partial charge in [0.1, 0.15) is 6.10 Å². The Kier molecular flexibility index (Phi) is 2.31. The standard InChI is InChI=1S/C7H10O3/c8-7(9)5-6-3-1-2-4-10-6/h2,4,6H,1,3,5H2,(H,8,9). The van der Waals surface area contributed by atoms with Gasteiger partial charge in [-0.1, -0.05) is 0 Å². The van der Waals surface area contributed by atoms with E-state index in [1.807, 2.05) is 6.08 Å². The summed E-state index contributed by atoms with van der Waals surface area (Å²) in [7, 11) is 0. The first kappa shape index (κ1) is 7.12. The summed E-state index contributed by atoms with van der Waals surface area (Å²) < 4.78 is 5.03. The van der Waals surface area contributed by atoms with Gasteiger partial charge in [-0.2, -0.15) is 0 Å². The number of aliphatic carboxylic acids is 1. The van der Waals surface area contributed by atoms with Gasteiger partial charge < -0.3 is 9.84 Å². The van der Waals surface area contributed by atoms with Gasteiger partial charge in [-0.25, -0.2) is 0 Å². The average Bonchev–Trinajstić information content (AvgIpc) is 1.88. The van der Waals surface area contributed by atoms with Crippen LogP contribution in [0.1, 0.15) is 19.3 Å². The van der Waals surface area contributed by atoms with Crippen LogP contribution < -0.4 is 0 Å². The Morgan fingerprint density at radius 2 is 2.60 bits per heavy atom. The summed E-state index contributed by atoms with van der Waals surface area (Å²) in [5.41, 5.74) is 0. The molecule has 0 amide bonds. The molecule has 0 radical (unpaired) electrons. The molecule has 1 N–H and O–H groups in total. The lowest BCUT2D eigenvalue weighted by molar-refractivity contribution is -0.139. The number of rotatable bonds is 2. The van der Waals surface area contributed by atoms with Crippen LogP contribution in [0.5, 0.6) is 0 Å². The lowest BCUT2D eigenvalue weighted by Gasteiger charge is -2.16. The Morgan fingerprint density at radius 1 is 1.80 bits per heavy atom. The fourth-order valence-electron chi connectivity index (χ4n) is 0.930. The first-order valence-corrected chi connectivity index (χ1v) is 3.31. The third-order valence-corrected chi connectivity index (χ3v) is 1.42. The van der Waals surface area contributed by atoms with E-state index in [2.05, 4.69) is 0 Å². The fraction of sp³-hybridized carbons (Fsp3) is 0.571. The highest BCUT2D eigenvalue weighted by atomic mass is 16.5. The second-order valence-corrected chi connectivity index (χ2v) is 2.31. The maximum atomic E-state index is 10.2. The summed E-state index contributed by atoms with van der Waals surface area (Å²) in [5.74, 6) is -0.791. The molecule has 0 fully saturated rings. The van der Waals surface area contributed by atoms with Gasteiger partial charge in [0.2, 0.25) is 0 Å². The number of carboxylic acid groups (broad SMARTS) is 1. The van der Waals surface area contributed by atoms with Crippen molar-refractivity contribution >= 4 is 5.97 Å². The van der Waals surface area contributed by atoms with E-state index in [9.17, 15) is 4.79 Å². The molecule has 1 heterocycles. The number of ether oxygens (including phenoxy) is 1. The Balaban J connectivity index is 2.28. The predicted molar refractivity (Wildman–Crippen MR) is 35.5 cm³/mol. The second-order valence-electron chi connectivity index (χ2n) is 2.31. The third-order valence-electron chi connectivity index (χ3n) is 1.42. The predicted octanol–water partition coefficient (Wildman–Crippen LogP) is 1.15. The van der Waals surface area contributed by atoms with Crippen molar-refractivity contribution in [3.63, 3.8) is 0 Å². The molecule has 0 aromatic carbocycles. The number of carbonyl (C=O) groups is 1. The summed E-state index contributed by atoms with van der Waals surface area (Å²) in [6.07, 6.45) is 5.24. The van der Waals surface area contributed by atoms with Crippen molar-refractivity contribution in [2.24, 2.45) is 0 Å². The molecular formula is C7H10O3. The van der Waals surface area contributed by atoms with E-state index >= 15 is 0 Å². The quantitative estimate of drug-likeness (QED) is 0.629. The van der Waals surface area contributed by atoms with E-state index < -0.39 is 5.97 Å². The molecule has 1 aliphatic rings. The maximum Gasteiger partial charge on any atom is 0.307 e. The van der Waals surface area contributed by atoms with Crippen molar-refractivity contribution in [2.75, 3.05) is 0 Å². The Hall–Kier alpha value is -0.990. The maximum absolute atomic E-state index is 10.2. The smallest absolute Gasteiger partial charge is 0.307 e. The minimum atomic E-state index is -0.791. The molecule has 1 unspecified atom stereocenters. The van der Waals surface area contributed by atoms with Crippen LogP contribution in [0, 0.1) is 0 Å². The average molecular weight is 142 g/mol. The molecule has 0 aliphatic carbocycles. The Bertz CT molecular complexity index is 151. The monoisotopic (exact) mass is 142 g/mol. The van der Waals surface area contributed by atoms with Crippen molar-refractivity contribution in [3.05, 3.63) is 12.3 Å². The van der Waals surface area contributed by atoms with Gasteiger partial charge in [0, 0.05) is 0 Å². The van der Waals surface area contributed by atoms with Crippen molar-refractivity contribution in [2.45, 2.75) is 25.4 Å². The summed E-state index contributed by atoms with van der Waals surface area (Å²) in [5, 5.41) is 8.36. The molecule has 56 valence electrons. The number of hydrogen-bond donors (Lipinski definition) is 1. The van der Waals surface area contributed by atoms with Gasteiger partial charge in [0.25, 0.3) is 0 Å². The minimum absolute atomic E-state index is 0.109. The molecule has 1 rings (SSSR count). The highest BCUT2D eigenvalue weighted by Gasteiger charge is 2.14. The van der Waals surface area contributed by atoms with Crippen molar-refractivity contribution in [1.29, 1.82) is 0 Å². The van der Waals surface area contributed by atoms with Crippen LogP contribution in [-0.4, -0.2) is 17.2 Å². The minimum Gasteiger partial charge on any atom is -0.498 e. The number of allylic oxidation sites excluding steroid dienone is 1. The first-order valence-electron chi connectivity index (χ1n) is 3.31. The third kappa shape index (κ3) is 2.09. The molecule has 1 atom stereocenters. The first-order chi connectivity index (χ1) is 4.79. The van der Waals surface area contributed by atoms with E-state index in [4.69, 9.17) is 9.84 Å². The van der Waals surface area contributed by atoms with Crippen molar-refractivity contribution < 1.29 is 14.6 Å². The van der Waals surface area contributed by atoms with E-state index in [1.54, 1.807) is 6.26 Å². The van der Waals surface area contributed by atoms with Crippen LogP contribution in [0.2, 0.25) is 0 Å². The zero-order valence-electron chi connectivity index (χ0n) is 5.62. The SMILES string of the molecule is O=C(O)CC1CCC=CO1. The van der Waals surface area contributed by atoms with Crippen LogP contribution in [0.3, 0.4) is 0 Å². The molecule has 0 spiro atoms. The van der Waals surface area contributed by atoms with Crippen LogP contribution in [0.15, 0.2) is 12.3 Å². The molecule has 3 heteroatoms. The van der Waals surface area contributed by atoms with E-state index in [0.717, 1.165) is 12.8 Å². The summed E-state index contributed by atoms with van der Waals surface area (Å²) >= 11 is 0. The molecule has 0 saturated carbocycles. The zero-order chi connectivity index (χ0) is 7.40. The van der Waals surface area contributed by atoms with E-state index in [-0.39, 0.29) is 12.5 Å². The van der Waals surface area contributed by atoms with Gasteiger partial charge in [0.15, 0.2) is 0 Å². The highest BCUT2D eigenvalue weighted by molar-refractivity contribution is 5.67. The fourth-order valence-corrected chi connectivity index (χ4v) is 0.930. The van der Waals surface area contributed by atoms with Gasteiger partial charge >= 0.3 is 5.97 Å². The molecule has 0 aromatic heterocycles. The molecular weight excluding hydrogens is 132 g/mol. The highest BCUT2D eigenvalue weighted by Crippen LogP contribution is 2.12. The molecule has 10 heavy (non-hydrogen) atoms. The van der Waals surface area contributed by atoms with Crippen LogP contribution in [-0.2, 0) is 9.53 Å². The topological polar surface area (TPSA) is 46.5 Å². The van der Waals surface area contributed by atoms with Gasteiger partial charge in [-0.05, 0) is 18.9 Å².